The van der Waals surface area contributed by atoms with Gasteiger partial charge in [0, 0.05) is 33.3 Å². The van der Waals surface area contributed by atoms with E-state index in [2.05, 4.69) is 10.3 Å². The highest BCUT2D eigenvalue weighted by molar-refractivity contribution is 7.99. The molecule has 1 aromatic heterocycles. The Kier molecular flexibility index (Phi) is 6.94. The molecule has 1 saturated carbocycles. The fraction of sp³-hybridized carbons (Fsp3) is 0.333. The highest BCUT2D eigenvalue weighted by atomic mass is 35.5. The van der Waals surface area contributed by atoms with Gasteiger partial charge < -0.3 is 10.4 Å². The molecule has 4 nitrogen and oxygen atoms in total. The molecule has 0 aliphatic heterocycles. The fourth-order valence-electron chi connectivity index (χ4n) is 3.00. The molecule has 0 radical (unpaired) electrons. The Labute approximate surface area is 169 Å². The lowest BCUT2D eigenvalue weighted by atomic mass is 9.93. The summed E-state index contributed by atoms with van der Waals surface area (Å²) in [6.07, 6.45) is 6.28. The van der Waals surface area contributed by atoms with E-state index in [9.17, 15) is 9.90 Å². The molecule has 1 aliphatic carbocycles. The minimum Gasteiger partial charge on any atom is -0.393 e. The summed E-state index contributed by atoms with van der Waals surface area (Å²) in [5.74, 6) is -0.112. The summed E-state index contributed by atoms with van der Waals surface area (Å²) in [4.78, 5) is 17.9. The molecular weight excluding hydrogens is 380 g/mol. The van der Waals surface area contributed by atoms with E-state index in [-0.39, 0.29) is 18.1 Å². The summed E-state index contributed by atoms with van der Waals surface area (Å²) in [7, 11) is 0. The van der Waals surface area contributed by atoms with Crippen molar-refractivity contribution in [2.24, 2.45) is 0 Å². The maximum absolute atomic E-state index is 12.2. The first-order valence-corrected chi connectivity index (χ1v) is 10.3. The van der Waals surface area contributed by atoms with Gasteiger partial charge >= 0.3 is 0 Å². The molecule has 1 fully saturated rings. The van der Waals surface area contributed by atoms with Crippen LogP contribution in [0.25, 0.3) is 6.08 Å². The number of carbonyl (C=O) groups excluding carboxylic acids is 1. The number of rotatable bonds is 5. The highest BCUT2D eigenvalue weighted by Gasteiger charge is 2.20. The van der Waals surface area contributed by atoms with Crippen molar-refractivity contribution in [3.63, 3.8) is 0 Å². The fourth-order valence-corrected chi connectivity index (χ4v) is 4.07. The first-order valence-electron chi connectivity index (χ1n) is 9.07. The zero-order valence-corrected chi connectivity index (χ0v) is 16.8. The van der Waals surface area contributed by atoms with Crippen LogP contribution in [-0.4, -0.2) is 28.1 Å². The second-order valence-electron chi connectivity index (χ2n) is 6.75. The van der Waals surface area contributed by atoms with E-state index in [0.717, 1.165) is 46.9 Å². The van der Waals surface area contributed by atoms with Crippen molar-refractivity contribution in [1.82, 2.24) is 10.3 Å². The summed E-state index contributed by atoms with van der Waals surface area (Å²) in [5.41, 5.74) is 1.82. The van der Waals surface area contributed by atoms with Gasteiger partial charge in [0.1, 0.15) is 5.03 Å². The summed E-state index contributed by atoms with van der Waals surface area (Å²) in [5, 5.41) is 14.1. The summed E-state index contributed by atoms with van der Waals surface area (Å²) >= 11 is 7.49. The van der Waals surface area contributed by atoms with E-state index < -0.39 is 0 Å². The van der Waals surface area contributed by atoms with Crippen LogP contribution in [0.2, 0.25) is 5.02 Å². The Balaban J connectivity index is 1.67. The van der Waals surface area contributed by atoms with Gasteiger partial charge in [0.2, 0.25) is 5.91 Å². The van der Waals surface area contributed by atoms with Gasteiger partial charge in [-0.1, -0.05) is 29.4 Å². The number of halogens is 1. The van der Waals surface area contributed by atoms with Gasteiger partial charge in [-0.2, -0.15) is 0 Å². The van der Waals surface area contributed by atoms with Crippen molar-refractivity contribution < 1.29 is 9.90 Å². The molecular formula is C21H23ClN2O2S. The molecule has 0 atom stereocenters. The summed E-state index contributed by atoms with van der Waals surface area (Å²) in [6.45, 7) is 1.95. The van der Waals surface area contributed by atoms with Crippen LogP contribution in [0, 0.1) is 6.92 Å². The first-order chi connectivity index (χ1) is 13.0. The van der Waals surface area contributed by atoms with Crippen molar-refractivity contribution in [1.29, 1.82) is 0 Å². The zero-order valence-electron chi connectivity index (χ0n) is 15.2. The second kappa shape index (κ2) is 9.40. The van der Waals surface area contributed by atoms with Crippen LogP contribution in [0.5, 0.6) is 0 Å². The molecule has 3 rings (SSSR count). The minimum atomic E-state index is -0.222. The quantitative estimate of drug-likeness (QED) is 0.716. The number of carbonyl (C=O) groups is 1. The molecule has 2 aromatic rings. The lowest BCUT2D eigenvalue weighted by Crippen LogP contribution is -2.37. The van der Waals surface area contributed by atoms with E-state index in [1.807, 2.05) is 43.3 Å². The molecule has 1 heterocycles. The topological polar surface area (TPSA) is 62.2 Å². The van der Waals surface area contributed by atoms with Crippen molar-refractivity contribution in [3.8, 4) is 0 Å². The molecule has 142 valence electrons. The Hall–Kier alpha value is -1.82. The third-order valence-corrected chi connectivity index (χ3v) is 5.79. The number of nitrogens with one attached hydrogen (secondary N) is 1. The normalized spacial score (nSPS) is 20.0. The van der Waals surface area contributed by atoms with Crippen LogP contribution in [0.3, 0.4) is 0 Å². The molecule has 6 heteroatoms. The average molecular weight is 403 g/mol. The molecule has 0 saturated heterocycles. The lowest BCUT2D eigenvalue weighted by molar-refractivity contribution is -0.117. The van der Waals surface area contributed by atoms with Crippen LogP contribution in [0.4, 0.5) is 0 Å². The molecule has 2 N–H and O–H groups in total. The standard InChI is InChI=1S/C21H23ClN2O2S/c1-14-2-3-15(21(23-14)27-19-11-5-16(22)6-12-19)4-13-20(26)24-17-7-9-18(25)10-8-17/h2-6,11-13,17-18,25H,7-10H2,1H3,(H,24,26)/b13-4+. The van der Waals surface area contributed by atoms with Crippen molar-refractivity contribution in [2.45, 2.75) is 54.7 Å². The number of hydrogen-bond donors (Lipinski definition) is 2. The summed E-state index contributed by atoms with van der Waals surface area (Å²) in [6, 6.07) is 11.7. The van der Waals surface area contributed by atoms with E-state index >= 15 is 0 Å². The van der Waals surface area contributed by atoms with E-state index in [4.69, 9.17) is 11.6 Å². The summed E-state index contributed by atoms with van der Waals surface area (Å²) < 4.78 is 0. The SMILES string of the molecule is Cc1ccc(/C=C/C(=O)NC2CCC(O)CC2)c(Sc2ccc(Cl)cc2)n1. The lowest BCUT2D eigenvalue weighted by Gasteiger charge is -2.25. The Morgan fingerprint density at radius 3 is 2.59 bits per heavy atom. The van der Waals surface area contributed by atoms with Gasteiger partial charge in [-0.25, -0.2) is 4.98 Å². The molecule has 1 amide bonds. The third kappa shape index (κ3) is 6.09. The Bertz CT molecular complexity index is 815. The van der Waals surface area contributed by atoms with Crippen LogP contribution in [0.1, 0.15) is 36.9 Å². The number of aliphatic hydroxyl groups is 1. The van der Waals surface area contributed by atoms with E-state index in [1.54, 1.807) is 23.9 Å². The van der Waals surface area contributed by atoms with Crippen LogP contribution in [0.15, 0.2) is 52.4 Å². The maximum Gasteiger partial charge on any atom is 0.244 e. The predicted octanol–water partition coefficient (Wildman–Crippen LogP) is 4.63. The molecule has 0 unspecified atom stereocenters. The maximum atomic E-state index is 12.2. The monoisotopic (exact) mass is 402 g/mol. The first kappa shape index (κ1) is 19.9. The molecule has 0 bridgehead atoms. The largest absolute Gasteiger partial charge is 0.393 e. The number of aliphatic hydroxyl groups excluding tert-OH is 1. The van der Waals surface area contributed by atoms with Crippen molar-refractivity contribution >= 4 is 35.3 Å². The van der Waals surface area contributed by atoms with E-state index in [0.29, 0.717) is 5.02 Å². The second-order valence-corrected chi connectivity index (χ2v) is 8.25. The Morgan fingerprint density at radius 2 is 1.89 bits per heavy atom. The van der Waals surface area contributed by atoms with Crippen LogP contribution >= 0.6 is 23.4 Å². The van der Waals surface area contributed by atoms with Gasteiger partial charge in [0.15, 0.2) is 0 Å². The van der Waals surface area contributed by atoms with Gasteiger partial charge in [-0.3, -0.25) is 4.79 Å². The number of nitrogens with zero attached hydrogens (tertiary/aromatic N) is 1. The van der Waals surface area contributed by atoms with Gasteiger partial charge in [-0.05, 0) is 69.0 Å². The molecule has 1 aliphatic rings. The van der Waals surface area contributed by atoms with Crippen molar-refractivity contribution in [2.75, 3.05) is 0 Å². The van der Waals surface area contributed by atoms with E-state index in [1.165, 1.54) is 0 Å². The average Bonchev–Trinajstić information content (AvgIpc) is 2.65. The number of aromatic nitrogens is 1. The third-order valence-electron chi connectivity index (χ3n) is 4.51. The molecule has 1 aromatic carbocycles. The predicted molar refractivity (Wildman–Crippen MR) is 110 cm³/mol. The molecule has 0 spiro atoms. The highest BCUT2D eigenvalue weighted by Crippen LogP contribution is 2.30. The Morgan fingerprint density at radius 1 is 1.19 bits per heavy atom. The number of benzene rings is 1. The number of hydrogen-bond acceptors (Lipinski definition) is 4. The minimum absolute atomic E-state index is 0.112. The molecule has 27 heavy (non-hydrogen) atoms. The smallest absolute Gasteiger partial charge is 0.244 e. The van der Waals surface area contributed by atoms with Crippen LogP contribution < -0.4 is 5.32 Å². The van der Waals surface area contributed by atoms with Crippen LogP contribution in [-0.2, 0) is 4.79 Å². The van der Waals surface area contributed by atoms with Crippen molar-refractivity contribution in [3.05, 3.63) is 58.8 Å². The van der Waals surface area contributed by atoms with Gasteiger partial charge in [0.25, 0.3) is 0 Å². The van der Waals surface area contributed by atoms with Gasteiger partial charge in [0.05, 0.1) is 6.10 Å². The number of pyridine rings is 1. The number of amides is 1. The van der Waals surface area contributed by atoms with Gasteiger partial charge in [-0.15, -0.1) is 0 Å². The number of aryl methyl sites for hydroxylation is 1. The zero-order chi connectivity index (χ0) is 19.2.